The summed E-state index contributed by atoms with van der Waals surface area (Å²) >= 11 is 0. The minimum atomic E-state index is -0.394. The minimum absolute atomic E-state index is 0. The molecule has 0 aliphatic carbocycles. The van der Waals surface area contributed by atoms with Gasteiger partial charge >= 0.3 is 21.1 Å². The molecule has 0 unspecified atom stereocenters. The van der Waals surface area contributed by atoms with Crippen LogP contribution in [-0.4, -0.2) is 9.97 Å². The number of fused-ring (bicyclic) bond motifs is 24. The fourth-order valence-electron chi connectivity index (χ4n) is 12.3. The maximum absolute atomic E-state index is 6.09. The summed E-state index contributed by atoms with van der Waals surface area (Å²) in [6.07, 6.45) is 0. The molecule has 0 fully saturated rings. The van der Waals surface area contributed by atoms with Gasteiger partial charge in [-0.15, -0.1) is 22.1 Å². The molecule has 5 heteroatoms. The molecule has 2 aliphatic heterocycles. The van der Waals surface area contributed by atoms with E-state index < -0.39 is 21.7 Å². The monoisotopic (exact) mass is 1130 g/mol. The molecule has 4 nitrogen and oxygen atoms in total. The zero-order chi connectivity index (χ0) is 50.0. The third kappa shape index (κ3) is 7.26. The molecule has 0 spiro atoms. The number of rotatable bonds is 0. The Kier molecular flexibility index (Phi) is 10.4. The Bertz CT molecular complexity index is 3810. The fourth-order valence-corrected chi connectivity index (χ4v) is 12.3. The van der Waals surface area contributed by atoms with Gasteiger partial charge < -0.3 is 9.97 Å². The van der Waals surface area contributed by atoms with E-state index >= 15 is 0 Å². The molecule has 8 aromatic carbocycles. The molecule has 5 heterocycles. The van der Waals surface area contributed by atoms with E-state index in [2.05, 4.69) is 229 Å². The van der Waals surface area contributed by atoms with Crippen LogP contribution in [-0.2, 0) is 42.7 Å². The molecule has 362 valence electrons. The van der Waals surface area contributed by atoms with Crippen LogP contribution >= 0.6 is 0 Å². The van der Waals surface area contributed by atoms with E-state index in [1.807, 2.05) is 0 Å². The third-order valence-corrected chi connectivity index (χ3v) is 15.4. The van der Waals surface area contributed by atoms with Crippen LogP contribution < -0.4 is 9.97 Å². The standard InChI is InChI=1S/C68H60N4.Pt/c1-65(2,3)53-57-45-29-37-21-13-15-23-39(37)31-47(45)59(69-57)54(66(4,5)6)61-49-33-41-25-17-19-27-43(41)35-51(49)63(71-61)56(68(10,11)12)64-52-36-44-28-20-18-26-42(44)34-50(52)62(72-64)55(67(7,8)9)60-48-32-40-24-16-14-22-38(40)30-46(48)58(53)70-60;/h13-36H,1-12H3;/q-2;+2. The van der Waals surface area contributed by atoms with Crippen LogP contribution in [0.15, 0.2) is 146 Å². The molecular weight excluding hydrogens is 1070 g/mol. The predicted octanol–water partition coefficient (Wildman–Crippen LogP) is 18.3. The molecule has 0 atom stereocenters. The van der Waals surface area contributed by atoms with Gasteiger partial charge in [-0.2, -0.15) is 0 Å². The van der Waals surface area contributed by atoms with E-state index in [-0.39, 0.29) is 21.1 Å². The maximum atomic E-state index is 6.09. The quantitative estimate of drug-likeness (QED) is 0.152. The number of nitrogens with zero attached hydrogens (tertiary/aromatic N) is 4. The SMILES string of the molecule is CC(C)(C)c1c2nc(c(C(C)(C)C)c3[n-]c(c(C(C)(C)C)c4nc(c(C(C)(C)C)c5[n-]c1c1cc6ccccc6cc51)-c1cc5ccccc5cc1-4)c1cc4ccccc4cc31)-c1cc3ccccc3cc1-2.[Pt+2]. The molecular formula is C68H60N4Pt. The molecule has 0 N–H and O–H groups in total. The molecule has 0 radical (unpaired) electrons. The van der Waals surface area contributed by atoms with Crippen molar-refractivity contribution in [1.29, 1.82) is 0 Å². The summed E-state index contributed by atoms with van der Waals surface area (Å²) in [4.78, 5) is 24.3. The average molecular weight is 1130 g/mol. The van der Waals surface area contributed by atoms with Crippen LogP contribution in [0, 0.1) is 0 Å². The molecule has 0 saturated heterocycles. The zero-order valence-electron chi connectivity index (χ0n) is 44.0. The predicted molar refractivity (Wildman–Crippen MR) is 308 cm³/mol. The molecule has 0 amide bonds. The van der Waals surface area contributed by atoms with E-state index in [0.29, 0.717) is 0 Å². The summed E-state index contributed by atoms with van der Waals surface area (Å²) in [6, 6.07) is 54.1. The average Bonchev–Trinajstić information content (AvgIpc) is 4.06. The van der Waals surface area contributed by atoms with E-state index in [0.717, 1.165) is 111 Å². The van der Waals surface area contributed by atoms with Gasteiger partial charge in [-0.25, -0.2) is 9.97 Å². The van der Waals surface area contributed by atoms with Crippen LogP contribution in [0.4, 0.5) is 0 Å². The van der Waals surface area contributed by atoms with E-state index in [1.54, 1.807) is 0 Å². The van der Waals surface area contributed by atoms with Crippen molar-refractivity contribution in [3.05, 3.63) is 168 Å². The second-order valence-electron chi connectivity index (χ2n) is 24.7. The van der Waals surface area contributed by atoms with Gasteiger partial charge in [0.15, 0.2) is 0 Å². The summed E-state index contributed by atoms with van der Waals surface area (Å²) < 4.78 is 0. The van der Waals surface area contributed by atoms with Crippen LogP contribution in [0.25, 0.3) is 132 Å². The topological polar surface area (TPSA) is 54.0 Å². The first-order chi connectivity index (χ1) is 34.2. The van der Waals surface area contributed by atoms with Gasteiger partial charge in [0.25, 0.3) is 0 Å². The first kappa shape index (κ1) is 47.2. The summed E-state index contributed by atoms with van der Waals surface area (Å²) in [5, 5.41) is 14.0. The van der Waals surface area contributed by atoms with Crippen molar-refractivity contribution in [2.45, 2.75) is 105 Å². The Hall–Kier alpha value is -6.87. The Labute approximate surface area is 442 Å². The van der Waals surface area contributed by atoms with Crippen molar-refractivity contribution in [2.75, 3.05) is 0 Å². The van der Waals surface area contributed by atoms with Gasteiger partial charge in [-0.3, -0.25) is 0 Å². The van der Waals surface area contributed by atoms with Crippen LogP contribution in [0.3, 0.4) is 0 Å². The first-order valence-electron chi connectivity index (χ1n) is 25.7. The number of aromatic nitrogens is 4. The van der Waals surface area contributed by atoms with Gasteiger partial charge in [-0.1, -0.05) is 180 Å². The molecule has 13 rings (SSSR count). The van der Waals surface area contributed by atoms with E-state index in [9.17, 15) is 0 Å². The van der Waals surface area contributed by atoms with E-state index in [1.165, 1.54) is 43.1 Å². The zero-order valence-corrected chi connectivity index (χ0v) is 46.2. The van der Waals surface area contributed by atoms with Gasteiger partial charge in [0.2, 0.25) is 0 Å². The second-order valence-corrected chi connectivity index (χ2v) is 24.7. The van der Waals surface area contributed by atoms with Crippen molar-refractivity contribution >= 4 is 86.7 Å². The summed E-state index contributed by atoms with van der Waals surface area (Å²) in [7, 11) is 0. The van der Waals surface area contributed by atoms with Gasteiger partial charge in [-0.05, 0) is 157 Å². The number of hydrogen-bond donors (Lipinski definition) is 0. The van der Waals surface area contributed by atoms with Crippen molar-refractivity contribution < 1.29 is 21.1 Å². The molecule has 11 aromatic rings. The largest absolute Gasteiger partial charge is 2.00 e. The minimum Gasteiger partial charge on any atom is -0.656 e. The first-order valence-corrected chi connectivity index (χ1v) is 25.7. The van der Waals surface area contributed by atoms with Crippen molar-refractivity contribution in [1.82, 2.24) is 19.9 Å². The fraction of sp³-hybridized carbons (Fsp3) is 0.235. The van der Waals surface area contributed by atoms with Gasteiger partial charge in [0.1, 0.15) is 0 Å². The summed E-state index contributed by atoms with van der Waals surface area (Å²) in [5.74, 6) is 0. The molecule has 8 bridgehead atoms. The summed E-state index contributed by atoms with van der Waals surface area (Å²) in [6.45, 7) is 28.0. The van der Waals surface area contributed by atoms with Crippen molar-refractivity contribution in [3.63, 3.8) is 0 Å². The van der Waals surface area contributed by atoms with Crippen LogP contribution in [0.2, 0.25) is 0 Å². The Balaban J connectivity index is 0.00000543. The van der Waals surface area contributed by atoms with Crippen LogP contribution in [0.1, 0.15) is 105 Å². The smallest absolute Gasteiger partial charge is 0.656 e. The van der Waals surface area contributed by atoms with Gasteiger partial charge in [0, 0.05) is 22.3 Å². The van der Waals surface area contributed by atoms with Gasteiger partial charge in [0.05, 0.1) is 22.8 Å². The van der Waals surface area contributed by atoms with Crippen LogP contribution in [0.5, 0.6) is 0 Å². The summed E-state index contributed by atoms with van der Waals surface area (Å²) in [5.41, 5.74) is 15.2. The normalized spacial score (nSPS) is 13.1. The second kappa shape index (κ2) is 16.1. The number of hydrogen-bond acceptors (Lipinski definition) is 2. The van der Waals surface area contributed by atoms with Crippen molar-refractivity contribution in [3.8, 4) is 45.0 Å². The maximum Gasteiger partial charge on any atom is 2.00 e. The Morgan fingerprint density at radius 3 is 0.630 bits per heavy atom. The molecule has 3 aromatic heterocycles. The molecule has 0 saturated carbocycles. The third-order valence-electron chi connectivity index (χ3n) is 15.4. The molecule has 73 heavy (non-hydrogen) atoms. The number of benzene rings is 8. The van der Waals surface area contributed by atoms with Crippen molar-refractivity contribution in [2.24, 2.45) is 0 Å². The van der Waals surface area contributed by atoms with E-state index in [4.69, 9.17) is 19.9 Å². The Morgan fingerprint density at radius 1 is 0.274 bits per heavy atom. The Morgan fingerprint density at radius 2 is 0.452 bits per heavy atom. The molecule has 2 aliphatic rings.